The van der Waals surface area contributed by atoms with Gasteiger partial charge in [-0.25, -0.2) is 0 Å². The Labute approximate surface area is 87.3 Å². The van der Waals surface area contributed by atoms with Crippen LogP contribution >= 0.6 is 0 Å². The van der Waals surface area contributed by atoms with E-state index in [1.165, 1.54) is 44.9 Å². The van der Waals surface area contributed by atoms with Gasteiger partial charge in [0.15, 0.2) is 0 Å². The van der Waals surface area contributed by atoms with Gasteiger partial charge in [-0.2, -0.15) is 0 Å². The third-order valence-electron chi connectivity index (χ3n) is 4.34. The van der Waals surface area contributed by atoms with Crippen molar-refractivity contribution < 1.29 is 4.79 Å². The molecule has 2 rings (SSSR count). The van der Waals surface area contributed by atoms with Gasteiger partial charge in [0.25, 0.3) is 0 Å². The molecule has 0 amide bonds. The van der Waals surface area contributed by atoms with E-state index in [2.05, 4.69) is 0 Å². The van der Waals surface area contributed by atoms with Crippen molar-refractivity contribution >= 4 is 6.29 Å². The highest BCUT2D eigenvalue weighted by molar-refractivity contribution is 5.49. The van der Waals surface area contributed by atoms with Gasteiger partial charge in [0, 0.05) is 6.42 Å². The molecule has 0 bridgehead atoms. The summed E-state index contributed by atoms with van der Waals surface area (Å²) in [4.78, 5) is 10.3. The van der Waals surface area contributed by atoms with E-state index >= 15 is 0 Å². The van der Waals surface area contributed by atoms with Crippen molar-refractivity contribution in [3.8, 4) is 0 Å². The molecule has 3 atom stereocenters. The van der Waals surface area contributed by atoms with Crippen LogP contribution in [-0.2, 0) is 4.79 Å². The van der Waals surface area contributed by atoms with Crippen molar-refractivity contribution in [3.05, 3.63) is 0 Å². The van der Waals surface area contributed by atoms with Crippen LogP contribution in [0.1, 0.15) is 57.8 Å². The molecule has 2 aliphatic carbocycles. The summed E-state index contributed by atoms with van der Waals surface area (Å²) < 4.78 is 0. The number of rotatable bonds is 3. The number of carbonyl (C=O) groups excluding carboxylic acids is 1. The molecule has 14 heavy (non-hydrogen) atoms. The van der Waals surface area contributed by atoms with Gasteiger partial charge in [-0.3, -0.25) is 0 Å². The molecule has 0 aromatic carbocycles. The van der Waals surface area contributed by atoms with Crippen LogP contribution < -0.4 is 0 Å². The molecule has 0 N–H and O–H groups in total. The Hall–Kier alpha value is -0.330. The fourth-order valence-electron chi connectivity index (χ4n) is 3.54. The van der Waals surface area contributed by atoms with Crippen molar-refractivity contribution in [2.45, 2.75) is 57.8 Å². The van der Waals surface area contributed by atoms with Crippen molar-refractivity contribution in [1.29, 1.82) is 0 Å². The van der Waals surface area contributed by atoms with Crippen LogP contribution in [0.15, 0.2) is 0 Å². The van der Waals surface area contributed by atoms with Gasteiger partial charge in [-0.1, -0.05) is 32.1 Å². The normalized spacial score (nSPS) is 37.6. The number of carbonyl (C=O) groups is 1. The number of hydrogen-bond donors (Lipinski definition) is 0. The molecule has 0 aromatic rings. The van der Waals surface area contributed by atoms with Gasteiger partial charge in [-0.05, 0) is 37.0 Å². The summed E-state index contributed by atoms with van der Waals surface area (Å²) in [5.74, 6) is 2.95. The molecule has 0 unspecified atom stereocenters. The Morgan fingerprint density at radius 2 is 1.79 bits per heavy atom. The molecule has 2 aliphatic rings. The lowest BCUT2D eigenvalue weighted by Crippen LogP contribution is -2.27. The van der Waals surface area contributed by atoms with Gasteiger partial charge in [0.2, 0.25) is 0 Å². The van der Waals surface area contributed by atoms with Crippen molar-refractivity contribution in [2.24, 2.45) is 17.8 Å². The molecule has 2 fully saturated rings. The first kappa shape index (κ1) is 10.2. The quantitative estimate of drug-likeness (QED) is 0.628. The van der Waals surface area contributed by atoms with E-state index < -0.39 is 0 Å². The predicted octanol–water partition coefficient (Wildman–Crippen LogP) is 3.57. The largest absolute Gasteiger partial charge is 0.303 e. The van der Waals surface area contributed by atoms with Crippen LogP contribution in [0.3, 0.4) is 0 Å². The number of aldehydes is 1. The van der Waals surface area contributed by atoms with Crippen LogP contribution in [0.5, 0.6) is 0 Å². The number of fused-ring (bicyclic) bond motifs is 1. The number of hydrogen-bond acceptors (Lipinski definition) is 1. The molecule has 0 saturated heterocycles. The Kier molecular flexibility index (Phi) is 3.61. The maximum atomic E-state index is 10.3. The Morgan fingerprint density at radius 3 is 2.57 bits per heavy atom. The van der Waals surface area contributed by atoms with Crippen LogP contribution in [0.2, 0.25) is 0 Å². The van der Waals surface area contributed by atoms with Crippen LogP contribution in [-0.4, -0.2) is 6.29 Å². The standard InChI is InChI=1S/C13H22O/c14-9-3-4-11-7-8-12-5-1-2-6-13(12)10-11/h9,11-13H,1-8,10H2/t11-,12-,13-/m0/s1. The first-order valence-electron chi connectivity index (χ1n) is 6.34. The zero-order chi connectivity index (χ0) is 9.80. The topological polar surface area (TPSA) is 17.1 Å². The van der Waals surface area contributed by atoms with E-state index in [-0.39, 0.29) is 0 Å². The fourth-order valence-corrected chi connectivity index (χ4v) is 3.54. The van der Waals surface area contributed by atoms with E-state index in [0.717, 1.165) is 36.9 Å². The van der Waals surface area contributed by atoms with E-state index in [0.29, 0.717) is 0 Å². The summed E-state index contributed by atoms with van der Waals surface area (Å²) in [5, 5.41) is 0. The predicted molar refractivity (Wildman–Crippen MR) is 58.1 cm³/mol. The second kappa shape index (κ2) is 4.95. The monoisotopic (exact) mass is 194 g/mol. The average Bonchev–Trinajstić information content (AvgIpc) is 2.26. The molecule has 0 spiro atoms. The Bertz CT molecular complexity index is 188. The molecule has 0 heterocycles. The highest BCUT2D eigenvalue weighted by Crippen LogP contribution is 2.43. The lowest BCUT2D eigenvalue weighted by Gasteiger charge is -2.39. The smallest absolute Gasteiger partial charge is 0.120 e. The molecule has 0 aromatic heterocycles. The molecule has 2 saturated carbocycles. The van der Waals surface area contributed by atoms with Gasteiger partial charge >= 0.3 is 0 Å². The third kappa shape index (κ3) is 2.37. The summed E-state index contributed by atoms with van der Waals surface area (Å²) in [6.45, 7) is 0. The van der Waals surface area contributed by atoms with E-state index in [1.54, 1.807) is 0 Å². The van der Waals surface area contributed by atoms with Crippen LogP contribution in [0.4, 0.5) is 0 Å². The lowest BCUT2D eigenvalue weighted by atomic mass is 9.67. The summed E-state index contributed by atoms with van der Waals surface area (Å²) in [6.07, 6.45) is 13.2. The molecule has 1 heteroatoms. The van der Waals surface area contributed by atoms with Gasteiger partial charge < -0.3 is 4.79 Å². The summed E-state index contributed by atoms with van der Waals surface area (Å²) in [6, 6.07) is 0. The maximum Gasteiger partial charge on any atom is 0.120 e. The lowest BCUT2D eigenvalue weighted by molar-refractivity contribution is -0.108. The van der Waals surface area contributed by atoms with Gasteiger partial charge in [0.05, 0.1) is 0 Å². The van der Waals surface area contributed by atoms with Crippen molar-refractivity contribution in [2.75, 3.05) is 0 Å². The van der Waals surface area contributed by atoms with Crippen molar-refractivity contribution in [1.82, 2.24) is 0 Å². The first-order valence-corrected chi connectivity index (χ1v) is 6.34. The molecule has 1 nitrogen and oxygen atoms in total. The van der Waals surface area contributed by atoms with E-state index in [1.807, 2.05) is 0 Å². The fraction of sp³-hybridized carbons (Fsp3) is 0.923. The van der Waals surface area contributed by atoms with Crippen LogP contribution in [0, 0.1) is 17.8 Å². The second-order valence-corrected chi connectivity index (χ2v) is 5.23. The highest BCUT2D eigenvalue weighted by Gasteiger charge is 2.31. The van der Waals surface area contributed by atoms with Crippen molar-refractivity contribution in [3.63, 3.8) is 0 Å². The molecule has 0 aliphatic heterocycles. The average molecular weight is 194 g/mol. The van der Waals surface area contributed by atoms with Gasteiger partial charge in [-0.15, -0.1) is 0 Å². The molecule has 80 valence electrons. The highest BCUT2D eigenvalue weighted by atomic mass is 16.1. The van der Waals surface area contributed by atoms with Crippen LogP contribution in [0.25, 0.3) is 0 Å². The SMILES string of the molecule is O=CCC[C@H]1CC[C@@H]2CCCC[C@H]2C1. The zero-order valence-electron chi connectivity index (χ0n) is 9.08. The zero-order valence-corrected chi connectivity index (χ0v) is 9.08. The minimum Gasteiger partial charge on any atom is -0.303 e. The minimum atomic E-state index is 0.794. The Morgan fingerprint density at radius 1 is 1.00 bits per heavy atom. The van der Waals surface area contributed by atoms with E-state index in [4.69, 9.17) is 0 Å². The van der Waals surface area contributed by atoms with Gasteiger partial charge in [0.1, 0.15) is 6.29 Å². The summed E-state index contributed by atoms with van der Waals surface area (Å²) >= 11 is 0. The second-order valence-electron chi connectivity index (χ2n) is 5.23. The Balaban J connectivity index is 1.80. The molecular formula is C13H22O. The molecule has 0 radical (unpaired) electrons. The summed E-state index contributed by atoms with van der Waals surface area (Å²) in [5.41, 5.74) is 0. The first-order chi connectivity index (χ1) is 6.90. The third-order valence-corrected chi connectivity index (χ3v) is 4.34. The summed E-state index contributed by atoms with van der Waals surface area (Å²) in [7, 11) is 0. The maximum absolute atomic E-state index is 10.3. The van der Waals surface area contributed by atoms with E-state index in [9.17, 15) is 4.79 Å². The minimum absolute atomic E-state index is 0.794. The molecular weight excluding hydrogens is 172 g/mol.